The lowest BCUT2D eigenvalue weighted by Crippen LogP contribution is -2.48. The van der Waals surface area contributed by atoms with Gasteiger partial charge in [0.05, 0.1) is 17.2 Å². The molecular weight excluding hydrogens is 312 g/mol. The second-order valence-electron chi connectivity index (χ2n) is 6.30. The maximum Gasteiger partial charge on any atom is 0.274 e. The lowest BCUT2D eigenvalue weighted by Gasteiger charge is -2.34. The quantitative estimate of drug-likeness (QED) is 0.740. The second-order valence-corrected chi connectivity index (χ2v) is 6.30. The van der Waals surface area contributed by atoms with Crippen molar-refractivity contribution in [3.8, 4) is 0 Å². The predicted molar refractivity (Wildman–Crippen MR) is 97.2 cm³/mol. The van der Waals surface area contributed by atoms with Crippen LogP contribution in [-0.2, 0) is 6.54 Å². The van der Waals surface area contributed by atoms with E-state index in [1.165, 1.54) is 5.56 Å². The summed E-state index contributed by atoms with van der Waals surface area (Å²) >= 11 is 0. The molecule has 2 aromatic carbocycles. The maximum absolute atomic E-state index is 12.7. The van der Waals surface area contributed by atoms with Crippen LogP contribution in [0.1, 0.15) is 16.1 Å². The molecule has 0 spiro atoms. The molecule has 0 bridgehead atoms. The van der Waals surface area contributed by atoms with Crippen LogP contribution in [0.4, 0.5) is 0 Å². The number of para-hydroxylation sites is 2. The molecule has 1 aliphatic heterocycles. The Labute approximate surface area is 146 Å². The summed E-state index contributed by atoms with van der Waals surface area (Å²) in [6, 6.07) is 18.1. The fraction of sp³-hybridized carbons (Fsp3) is 0.250. The molecule has 126 valence electrons. The molecule has 25 heavy (non-hydrogen) atoms. The molecule has 3 aromatic rings. The fourth-order valence-electron chi connectivity index (χ4n) is 3.17. The molecule has 5 heteroatoms. The number of carbonyl (C=O) groups excluding carboxylic acids is 1. The van der Waals surface area contributed by atoms with Crippen molar-refractivity contribution < 1.29 is 4.79 Å². The van der Waals surface area contributed by atoms with E-state index in [1.807, 2.05) is 35.2 Å². The third-order valence-electron chi connectivity index (χ3n) is 4.58. The van der Waals surface area contributed by atoms with Gasteiger partial charge in [0.25, 0.3) is 5.91 Å². The molecule has 5 nitrogen and oxygen atoms in total. The van der Waals surface area contributed by atoms with Crippen LogP contribution in [0.2, 0.25) is 0 Å². The predicted octanol–water partition coefficient (Wildman–Crippen LogP) is 2.59. The minimum Gasteiger partial charge on any atom is -0.335 e. The first kappa shape index (κ1) is 15.7. The van der Waals surface area contributed by atoms with Gasteiger partial charge in [-0.05, 0) is 17.7 Å². The Morgan fingerprint density at radius 3 is 2.32 bits per heavy atom. The van der Waals surface area contributed by atoms with E-state index in [1.54, 1.807) is 6.20 Å². The molecule has 1 fully saturated rings. The van der Waals surface area contributed by atoms with Crippen molar-refractivity contribution in [2.24, 2.45) is 0 Å². The Hall–Kier alpha value is -2.79. The van der Waals surface area contributed by atoms with Crippen LogP contribution >= 0.6 is 0 Å². The Morgan fingerprint density at radius 2 is 1.56 bits per heavy atom. The molecular formula is C20H20N4O. The van der Waals surface area contributed by atoms with Crippen molar-refractivity contribution in [1.29, 1.82) is 0 Å². The number of nitrogens with zero attached hydrogens (tertiary/aromatic N) is 4. The van der Waals surface area contributed by atoms with Gasteiger partial charge in [0.15, 0.2) is 0 Å². The Kier molecular flexibility index (Phi) is 4.39. The van der Waals surface area contributed by atoms with Crippen molar-refractivity contribution in [2.75, 3.05) is 26.2 Å². The van der Waals surface area contributed by atoms with Gasteiger partial charge in [-0.2, -0.15) is 0 Å². The zero-order chi connectivity index (χ0) is 17.1. The number of amides is 1. The number of benzene rings is 2. The summed E-state index contributed by atoms with van der Waals surface area (Å²) in [5.74, 6) is -0.0300. The summed E-state index contributed by atoms with van der Waals surface area (Å²) in [7, 11) is 0. The van der Waals surface area contributed by atoms with E-state index in [0.717, 1.165) is 43.8 Å². The molecule has 0 radical (unpaired) electrons. The summed E-state index contributed by atoms with van der Waals surface area (Å²) in [5.41, 5.74) is 3.31. The number of rotatable bonds is 3. The van der Waals surface area contributed by atoms with Gasteiger partial charge in [0, 0.05) is 32.7 Å². The molecule has 0 atom stereocenters. The number of hydrogen-bond acceptors (Lipinski definition) is 4. The molecule has 1 aliphatic rings. The maximum atomic E-state index is 12.7. The summed E-state index contributed by atoms with van der Waals surface area (Å²) in [6.45, 7) is 4.13. The first-order chi connectivity index (χ1) is 12.3. The summed E-state index contributed by atoms with van der Waals surface area (Å²) in [5, 5.41) is 0. The Bertz CT molecular complexity index is 873. The summed E-state index contributed by atoms with van der Waals surface area (Å²) in [4.78, 5) is 25.8. The third kappa shape index (κ3) is 3.51. The van der Waals surface area contributed by atoms with Gasteiger partial charge in [-0.3, -0.25) is 14.7 Å². The Balaban J connectivity index is 1.40. The fourth-order valence-corrected chi connectivity index (χ4v) is 3.17. The van der Waals surface area contributed by atoms with Gasteiger partial charge in [-0.25, -0.2) is 4.98 Å². The molecule has 0 saturated carbocycles. The second kappa shape index (κ2) is 6.99. The van der Waals surface area contributed by atoms with Crippen molar-refractivity contribution in [2.45, 2.75) is 6.54 Å². The van der Waals surface area contributed by atoms with E-state index >= 15 is 0 Å². The standard InChI is InChI=1S/C20H20N4O/c25-20(19-14-21-17-8-4-5-9-18(17)22-19)24-12-10-23(11-13-24)15-16-6-2-1-3-7-16/h1-9,14H,10-13,15H2. The highest BCUT2D eigenvalue weighted by atomic mass is 16.2. The SMILES string of the molecule is O=C(c1cnc2ccccc2n1)N1CCN(Cc2ccccc2)CC1. The van der Waals surface area contributed by atoms with E-state index in [2.05, 4.69) is 39.1 Å². The van der Waals surface area contributed by atoms with Crippen molar-refractivity contribution >= 4 is 16.9 Å². The molecule has 1 saturated heterocycles. The summed E-state index contributed by atoms with van der Waals surface area (Å²) < 4.78 is 0. The van der Waals surface area contributed by atoms with Crippen LogP contribution in [-0.4, -0.2) is 51.9 Å². The minimum absolute atomic E-state index is 0.0300. The number of fused-ring (bicyclic) bond motifs is 1. The van der Waals surface area contributed by atoms with Crippen LogP contribution in [0.3, 0.4) is 0 Å². The van der Waals surface area contributed by atoms with Crippen LogP contribution in [0.25, 0.3) is 11.0 Å². The largest absolute Gasteiger partial charge is 0.335 e. The first-order valence-electron chi connectivity index (χ1n) is 8.57. The monoisotopic (exact) mass is 332 g/mol. The van der Waals surface area contributed by atoms with E-state index < -0.39 is 0 Å². The van der Waals surface area contributed by atoms with Crippen molar-refractivity contribution in [3.63, 3.8) is 0 Å². The number of carbonyl (C=O) groups is 1. The van der Waals surface area contributed by atoms with E-state index in [-0.39, 0.29) is 5.91 Å². The average Bonchev–Trinajstić information content (AvgIpc) is 2.68. The molecule has 4 rings (SSSR count). The third-order valence-corrected chi connectivity index (χ3v) is 4.58. The van der Waals surface area contributed by atoms with Crippen molar-refractivity contribution in [3.05, 3.63) is 72.1 Å². The first-order valence-corrected chi connectivity index (χ1v) is 8.57. The van der Waals surface area contributed by atoms with Gasteiger partial charge in [-0.15, -0.1) is 0 Å². The lowest BCUT2D eigenvalue weighted by molar-refractivity contribution is 0.0622. The molecule has 1 amide bonds. The van der Waals surface area contributed by atoms with Crippen LogP contribution < -0.4 is 0 Å². The van der Waals surface area contributed by atoms with Crippen LogP contribution in [0, 0.1) is 0 Å². The number of piperazine rings is 1. The highest BCUT2D eigenvalue weighted by molar-refractivity contribution is 5.93. The van der Waals surface area contributed by atoms with Gasteiger partial charge in [0.2, 0.25) is 0 Å². The molecule has 0 aliphatic carbocycles. The average molecular weight is 332 g/mol. The van der Waals surface area contributed by atoms with E-state index in [0.29, 0.717) is 5.69 Å². The number of aromatic nitrogens is 2. The molecule has 1 aromatic heterocycles. The van der Waals surface area contributed by atoms with Crippen LogP contribution in [0.5, 0.6) is 0 Å². The molecule has 0 N–H and O–H groups in total. The minimum atomic E-state index is -0.0300. The topological polar surface area (TPSA) is 49.3 Å². The van der Waals surface area contributed by atoms with E-state index in [4.69, 9.17) is 0 Å². The van der Waals surface area contributed by atoms with Crippen molar-refractivity contribution in [1.82, 2.24) is 19.8 Å². The Morgan fingerprint density at radius 1 is 0.880 bits per heavy atom. The van der Waals surface area contributed by atoms with Gasteiger partial charge >= 0.3 is 0 Å². The smallest absolute Gasteiger partial charge is 0.274 e. The molecule has 0 unspecified atom stereocenters. The highest BCUT2D eigenvalue weighted by Crippen LogP contribution is 2.13. The highest BCUT2D eigenvalue weighted by Gasteiger charge is 2.23. The van der Waals surface area contributed by atoms with Crippen LogP contribution in [0.15, 0.2) is 60.8 Å². The lowest BCUT2D eigenvalue weighted by atomic mass is 10.2. The van der Waals surface area contributed by atoms with Gasteiger partial charge < -0.3 is 4.90 Å². The zero-order valence-corrected chi connectivity index (χ0v) is 14.0. The normalized spacial score (nSPS) is 15.4. The van der Waals surface area contributed by atoms with E-state index in [9.17, 15) is 4.79 Å². The molecule has 2 heterocycles. The van der Waals surface area contributed by atoms with Gasteiger partial charge in [0.1, 0.15) is 5.69 Å². The zero-order valence-electron chi connectivity index (χ0n) is 14.0. The van der Waals surface area contributed by atoms with Gasteiger partial charge in [-0.1, -0.05) is 42.5 Å². The number of hydrogen-bond donors (Lipinski definition) is 0. The summed E-state index contributed by atoms with van der Waals surface area (Å²) in [6.07, 6.45) is 1.58.